The van der Waals surface area contributed by atoms with Crippen molar-refractivity contribution in [2.45, 2.75) is 83.3 Å². The van der Waals surface area contributed by atoms with E-state index in [1.54, 1.807) is 0 Å². The molecule has 2 rings (SSSR count). The van der Waals surface area contributed by atoms with E-state index in [1.807, 2.05) is 0 Å². The second-order valence-corrected chi connectivity index (χ2v) is 6.17. The van der Waals surface area contributed by atoms with E-state index in [2.05, 4.69) is 12.2 Å². The van der Waals surface area contributed by atoms with Gasteiger partial charge in [0.1, 0.15) is 0 Å². The van der Waals surface area contributed by atoms with Crippen molar-refractivity contribution in [3.8, 4) is 0 Å². The average Bonchev–Trinajstić information content (AvgIpc) is 2.91. The van der Waals surface area contributed by atoms with Gasteiger partial charge in [0.05, 0.1) is 6.10 Å². The van der Waals surface area contributed by atoms with Crippen molar-refractivity contribution >= 4 is 0 Å². The molecule has 1 heterocycles. The Bertz CT molecular complexity index is 213. The van der Waals surface area contributed by atoms with Gasteiger partial charge in [-0.3, -0.25) is 0 Å². The normalized spacial score (nSPS) is 32.8. The van der Waals surface area contributed by atoms with Crippen LogP contribution in [0.3, 0.4) is 0 Å². The first-order valence-electron chi connectivity index (χ1n) is 8.25. The molecule has 2 heteroatoms. The second-order valence-electron chi connectivity index (χ2n) is 6.17. The lowest BCUT2D eigenvalue weighted by Gasteiger charge is -2.32. The zero-order valence-electron chi connectivity index (χ0n) is 12.1. The Morgan fingerprint density at radius 1 is 1.06 bits per heavy atom. The van der Waals surface area contributed by atoms with Gasteiger partial charge in [-0.1, -0.05) is 26.2 Å². The van der Waals surface area contributed by atoms with Gasteiger partial charge in [0, 0.05) is 12.6 Å². The number of nitrogens with one attached hydrogen (secondary N) is 1. The van der Waals surface area contributed by atoms with Crippen molar-refractivity contribution in [3.63, 3.8) is 0 Å². The largest absolute Gasteiger partial charge is 0.378 e. The molecule has 0 amide bonds. The summed E-state index contributed by atoms with van der Waals surface area (Å²) in [5.41, 5.74) is 0. The van der Waals surface area contributed by atoms with E-state index < -0.39 is 0 Å². The van der Waals surface area contributed by atoms with E-state index in [4.69, 9.17) is 4.74 Å². The van der Waals surface area contributed by atoms with Gasteiger partial charge in [-0.2, -0.15) is 0 Å². The first kappa shape index (κ1) is 14.3. The van der Waals surface area contributed by atoms with Crippen LogP contribution in [0.15, 0.2) is 0 Å². The Hall–Kier alpha value is -0.0800. The van der Waals surface area contributed by atoms with Gasteiger partial charge in [0.15, 0.2) is 0 Å². The van der Waals surface area contributed by atoms with Crippen LogP contribution in [0.4, 0.5) is 0 Å². The van der Waals surface area contributed by atoms with Crippen molar-refractivity contribution in [2.24, 2.45) is 5.92 Å². The van der Waals surface area contributed by atoms with Crippen molar-refractivity contribution < 1.29 is 4.74 Å². The average molecular weight is 253 g/mol. The van der Waals surface area contributed by atoms with Gasteiger partial charge in [0.25, 0.3) is 0 Å². The Morgan fingerprint density at radius 3 is 2.72 bits per heavy atom. The molecular weight excluding hydrogens is 222 g/mol. The van der Waals surface area contributed by atoms with E-state index in [1.165, 1.54) is 70.8 Å². The summed E-state index contributed by atoms with van der Waals surface area (Å²) in [6, 6.07) is 0.809. The molecule has 1 aliphatic heterocycles. The van der Waals surface area contributed by atoms with Crippen molar-refractivity contribution in [3.05, 3.63) is 0 Å². The molecule has 0 bridgehead atoms. The van der Waals surface area contributed by atoms with Gasteiger partial charge < -0.3 is 10.1 Å². The van der Waals surface area contributed by atoms with Crippen LogP contribution in [-0.2, 0) is 4.74 Å². The summed E-state index contributed by atoms with van der Waals surface area (Å²) in [4.78, 5) is 0. The Balaban J connectivity index is 1.64. The molecule has 3 atom stereocenters. The lowest BCUT2D eigenvalue weighted by molar-refractivity contribution is 0.0989. The highest BCUT2D eigenvalue weighted by Gasteiger charge is 2.24. The number of hydrogen-bond donors (Lipinski definition) is 1. The molecule has 0 aromatic rings. The van der Waals surface area contributed by atoms with E-state index >= 15 is 0 Å². The van der Waals surface area contributed by atoms with Crippen LogP contribution in [-0.4, -0.2) is 25.3 Å². The quantitative estimate of drug-likeness (QED) is 0.743. The molecule has 3 unspecified atom stereocenters. The van der Waals surface area contributed by atoms with Crippen LogP contribution in [0.5, 0.6) is 0 Å². The molecule has 2 aliphatic rings. The van der Waals surface area contributed by atoms with Crippen LogP contribution in [0, 0.1) is 5.92 Å². The van der Waals surface area contributed by atoms with E-state index in [0.29, 0.717) is 6.10 Å². The monoisotopic (exact) mass is 253 g/mol. The van der Waals surface area contributed by atoms with Crippen LogP contribution in [0.2, 0.25) is 0 Å². The maximum atomic E-state index is 5.72. The second kappa shape index (κ2) is 8.16. The van der Waals surface area contributed by atoms with Gasteiger partial charge in [-0.25, -0.2) is 0 Å². The van der Waals surface area contributed by atoms with Crippen molar-refractivity contribution in [1.29, 1.82) is 0 Å². The van der Waals surface area contributed by atoms with Crippen molar-refractivity contribution in [1.82, 2.24) is 5.32 Å². The van der Waals surface area contributed by atoms with Gasteiger partial charge in [0.2, 0.25) is 0 Å². The summed E-state index contributed by atoms with van der Waals surface area (Å²) < 4.78 is 5.72. The molecule has 106 valence electrons. The molecule has 2 fully saturated rings. The van der Waals surface area contributed by atoms with Gasteiger partial charge in [-0.15, -0.1) is 0 Å². The third-order valence-corrected chi connectivity index (χ3v) is 4.69. The van der Waals surface area contributed by atoms with E-state index in [-0.39, 0.29) is 0 Å². The Morgan fingerprint density at radius 2 is 1.94 bits per heavy atom. The molecule has 1 saturated carbocycles. The molecule has 0 aromatic carbocycles. The highest BCUT2D eigenvalue weighted by molar-refractivity contribution is 4.81. The minimum absolute atomic E-state index is 0.593. The molecule has 1 saturated heterocycles. The summed E-state index contributed by atoms with van der Waals surface area (Å²) in [6.45, 7) is 4.48. The minimum Gasteiger partial charge on any atom is -0.378 e. The van der Waals surface area contributed by atoms with Gasteiger partial charge >= 0.3 is 0 Å². The fourth-order valence-electron chi connectivity index (χ4n) is 3.63. The fourth-order valence-corrected chi connectivity index (χ4v) is 3.63. The molecule has 0 spiro atoms. The maximum absolute atomic E-state index is 5.72. The van der Waals surface area contributed by atoms with E-state index in [0.717, 1.165) is 18.6 Å². The molecular formula is C16H31NO. The van der Waals surface area contributed by atoms with Crippen LogP contribution >= 0.6 is 0 Å². The molecule has 0 aromatic heterocycles. The predicted octanol–water partition coefficient (Wildman–Crippen LogP) is 3.89. The fraction of sp³-hybridized carbons (Fsp3) is 1.00. The molecule has 1 N–H and O–H groups in total. The van der Waals surface area contributed by atoms with Crippen LogP contribution < -0.4 is 5.32 Å². The Labute approximate surface area is 113 Å². The van der Waals surface area contributed by atoms with Crippen LogP contribution in [0.1, 0.15) is 71.1 Å². The number of ether oxygens (including phenoxy) is 1. The standard InChI is InChI=1S/C16H31NO/c1-2-12-17-16-11-4-3-7-14(16)8-5-9-15-10-6-13-18-15/h14-17H,2-13H2,1H3. The van der Waals surface area contributed by atoms with E-state index in [9.17, 15) is 0 Å². The molecule has 0 radical (unpaired) electrons. The molecule has 2 nitrogen and oxygen atoms in total. The smallest absolute Gasteiger partial charge is 0.0576 e. The first-order chi connectivity index (χ1) is 8.90. The van der Waals surface area contributed by atoms with Gasteiger partial charge in [-0.05, 0) is 57.4 Å². The SMILES string of the molecule is CCCNC1CCCCC1CCCC1CCCO1. The maximum Gasteiger partial charge on any atom is 0.0576 e. The predicted molar refractivity (Wildman–Crippen MR) is 76.9 cm³/mol. The van der Waals surface area contributed by atoms with Crippen LogP contribution in [0.25, 0.3) is 0 Å². The minimum atomic E-state index is 0.593. The zero-order chi connectivity index (χ0) is 12.6. The lowest BCUT2D eigenvalue weighted by atomic mass is 9.81. The lowest BCUT2D eigenvalue weighted by Crippen LogP contribution is -2.39. The van der Waals surface area contributed by atoms with Crippen molar-refractivity contribution in [2.75, 3.05) is 13.2 Å². The number of rotatable bonds is 7. The molecule has 1 aliphatic carbocycles. The summed E-state index contributed by atoms with van der Waals surface area (Å²) in [7, 11) is 0. The summed E-state index contributed by atoms with van der Waals surface area (Å²) in [5, 5.41) is 3.77. The third kappa shape index (κ3) is 4.55. The first-order valence-corrected chi connectivity index (χ1v) is 8.25. The third-order valence-electron chi connectivity index (χ3n) is 4.69. The molecule has 18 heavy (non-hydrogen) atoms. The highest BCUT2D eigenvalue weighted by atomic mass is 16.5. The Kier molecular flexibility index (Phi) is 6.50. The number of hydrogen-bond acceptors (Lipinski definition) is 2. The zero-order valence-corrected chi connectivity index (χ0v) is 12.1. The topological polar surface area (TPSA) is 21.3 Å². The summed E-state index contributed by atoms with van der Waals surface area (Å²) >= 11 is 0. The highest BCUT2D eigenvalue weighted by Crippen LogP contribution is 2.29. The summed E-state index contributed by atoms with van der Waals surface area (Å²) in [6.07, 6.45) is 14.3. The summed E-state index contributed by atoms with van der Waals surface area (Å²) in [5.74, 6) is 0.937.